The van der Waals surface area contributed by atoms with E-state index in [2.05, 4.69) is 20.5 Å². The average molecular weight is 377 g/mol. The van der Waals surface area contributed by atoms with E-state index in [0.717, 1.165) is 16.5 Å². The van der Waals surface area contributed by atoms with Crippen LogP contribution >= 0.6 is 0 Å². The molecule has 0 bridgehead atoms. The Hall–Kier alpha value is -4.14. The van der Waals surface area contributed by atoms with Gasteiger partial charge in [0, 0.05) is 22.2 Å². The van der Waals surface area contributed by atoms with Gasteiger partial charge in [0.2, 0.25) is 11.9 Å². The zero-order valence-electron chi connectivity index (χ0n) is 15.1. The third kappa shape index (κ3) is 4.15. The zero-order valence-corrected chi connectivity index (χ0v) is 15.1. The number of amides is 2. The summed E-state index contributed by atoms with van der Waals surface area (Å²) in [5.74, 6) is -0.951. The Labute approximate surface area is 160 Å². The molecule has 9 nitrogen and oxygen atoms in total. The summed E-state index contributed by atoms with van der Waals surface area (Å²) in [5, 5.41) is 11.0. The molecule has 1 heterocycles. The normalized spacial score (nSPS) is 11.2. The topological polar surface area (TPSA) is 165 Å². The largest absolute Gasteiger partial charge is 0.369 e. The van der Waals surface area contributed by atoms with Crippen molar-refractivity contribution in [3.8, 4) is 0 Å². The summed E-state index contributed by atoms with van der Waals surface area (Å²) in [7, 11) is 0. The fraction of sp³-hybridized carbons (Fsp3) is 0.0526. The Morgan fingerprint density at radius 3 is 2.25 bits per heavy atom. The quantitative estimate of drug-likeness (QED) is 0.258. The summed E-state index contributed by atoms with van der Waals surface area (Å²) in [4.78, 5) is 26.8. The molecule has 0 atom stereocenters. The number of nitrogens with two attached hydrogens (primary N) is 3. The van der Waals surface area contributed by atoms with E-state index in [4.69, 9.17) is 17.2 Å². The molecule has 0 aliphatic rings. The minimum atomic E-state index is -0.520. The van der Waals surface area contributed by atoms with Crippen LogP contribution in [0.15, 0.2) is 58.7 Å². The number of hydrogen-bond donors (Lipinski definition) is 5. The van der Waals surface area contributed by atoms with Crippen LogP contribution in [0, 0.1) is 0 Å². The standard InChI is InChI=1S/C19H19N7O2/c1-10(25-26-19(21)22)11-2-5-14(6-3-11)23-18(28)16-9-13-8-12(17(20)27)4-7-15(13)24-16/h2-9,24H,1H3,(H2,20,27)(H,23,28)(H4,21,22,26)/b25-10-. The molecule has 1 aromatic heterocycles. The van der Waals surface area contributed by atoms with Crippen molar-refractivity contribution in [1.29, 1.82) is 0 Å². The van der Waals surface area contributed by atoms with Crippen LogP contribution in [-0.4, -0.2) is 28.5 Å². The lowest BCUT2D eigenvalue weighted by Crippen LogP contribution is -2.22. The molecule has 0 fully saturated rings. The summed E-state index contributed by atoms with van der Waals surface area (Å²) < 4.78 is 0. The third-order valence-electron chi connectivity index (χ3n) is 4.03. The number of fused-ring (bicyclic) bond motifs is 1. The van der Waals surface area contributed by atoms with Gasteiger partial charge >= 0.3 is 0 Å². The number of H-pyrrole nitrogens is 1. The number of aromatic amines is 1. The van der Waals surface area contributed by atoms with Crippen LogP contribution in [0.25, 0.3) is 10.9 Å². The van der Waals surface area contributed by atoms with E-state index >= 15 is 0 Å². The number of hydrogen-bond acceptors (Lipinski definition) is 4. The third-order valence-corrected chi connectivity index (χ3v) is 4.03. The van der Waals surface area contributed by atoms with Gasteiger partial charge in [-0.05, 0) is 48.9 Å². The van der Waals surface area contributed by atoms with E-state index in [1.54, 1.807) is 55.5 Å². The molecule has 3 rings (SSSR count). The van der Waals surface area contributed by atoms with Crippen molar-refractivity contribution in [3.05, 3.63) is 65.4 Å². The first kappa shape index (κ1) is 18.6. The molecule has 0 saturated carbocycles. The van der Waals surface area contributed by atoms with Crippen molar-refractivity contribution in [2.75, 3.05) is 5.32 Å². The van der Waals surface area contributed by atoms with Crippen LogP contribution < -0.4 is 22.5 Å². The van der Waals surface area contributed by atoms with Crippen molar-refractivity contribution in [3.63, 3.8) is 0 Å². The Morgan fingerprint density at radius 2 is 1.61 bits per heavy atom. The molecule has 142 valence electrons. The SMILES string of the molecule is C/C(=N/N=C(N)N)c1ccc(NC(=O)c2cc3cc(C(N)=O)ccc3[nH]2)cc1. The smallest absolute Gasteiger partial charge is 0.272 e. The number of primary amides is 1. The van der Waals surface area contributed by atoms with Gasteiger partial charge in [0.1, 0.15) is 5.69 Å². The fourth-order valence-electron chi connectivity index (χ4n) is 2.59. The van der Waals surface area contributed by atoms with Gasteiger partial charge in [0.05, 0.1) is 5.71 Å². The van der Waals surface area contributed by atoms with Crippen molar-refractivity contribution >= 4 is 40.1 Å². The van der Waals surface area contributed by atoms with Gasteiger partial charge < -0.3 is 27.5 Å². The van der Waals surface area contributed by atoms with Crippen LogP contribution in [-0.2, 0) is 0 Å². The molecule has 28 heavy (non-hydrogen) atoms. The summed E-state index contributed by atoms with van der Waals surface area (Å²) in [6.45, 7) is 1.77. The van der Waals surface area contributed by atoms with E-state index in [0.29, 0.717) is 22.7 Å². The minimum Gasteiger partial charge on any atom is -0.369 e. The van der Waals surface area contributed by atoms with Crippen molar-refractivity contribution in [1.82, 2.24) is 4.98 Å². The number of carbonyl (C=O) groups excluding carboxylic acids is 2. The number of nitrogens with one attached hydrogen (secondary N) is 2. The first-order chi connectivity index (χ1) is 13.3. The Kier molecular flexibility index (Phi) is 5.07. The Balaban J connectivity index is 1.76. The van der Waals surface area contributed by atoms with Crippen LogP contribution in [0.2, 0.25) is 0 Å². The summed E-state index contributed by atoms with van der Waals surface area (Å²) in [6.07, 6.45) is 0. The number of benzene rings is 2. The highest BCUT2D eigenvalue weighted by atomic mass is 16.2. The molecule has 8 N–H and O–H groups in total. The molecule has 0 spiro atoms. The molecular formula is C19H19N7O2. The molecule has 0 radical (unpaired) electrons. The van der Waals surface area contributed by atoms with Gasteiger partial charge in [-0.3, -0.25) is 9.59 Å². The van der Waals surface area contributed by atoms with Crippen molar-refractivity contribution < 1.29 is 9.59 Å². The van der Waals surface area contributed by atoms with Crippen LogP contribution in [0.5, 0.6) is 0 Å². The summed E-state index contributed by atoms with van der Waals surface area (Å²) in [6, 6.07) is 13.7. The predicted molar refractivity (Wildman–Crippen MR) is 109 cm³/mol. The van der Waals surface area contributed by atoms with Gasteiger partial charge in [-0.15, -0.1) is 5.10 Å². The van der Waals surface area contributed by atoms with Crippen molar-refractivity contribution in [2.45, 2.75) is 6.92 Å². The fourth-order valence-corrected chi connectivity index (χ4v) is 2.59. The predicted octanol–water partition coefficient (Wildman–Crippen LogP) is 1.52. The minimum absolute atomic E-state index is 0.121. The second-order valence-electron chi connectivity index (χ2n) is 6.09. The number of carbonyl (C=O) groups is 2. The molecule has 0 aliphatic heterocycles. The van der Waals surface area contributed by atoms with Crippen LogP contribution in [0.4, 0.5) is 5.69 Å². The first-order valence-electron chi connectivity index (χ1n) is 8.31. The Bertz CT molecular complexity index is 1110. The van der Waals surface area contributed by atoms with E-state index < -0.39 is 5.91 Å². The maximum Gasteiger partial charge on any atom is 0.272 e. The maximum absolute atomic E-state index is 12.5. The second kappa shape index (κ2) is 7.62. The molecule has 3 aromatic rings. The number of guanidine groups is 1. The molecular weight excluding hydrogens is 358 g/mol. The average Bonchev–Trinajstić information content (AvgIpc) is 3.10. The first-order valence-corrected chi connectivity index (χ1v) is 8.31. The Morgan fingerprint density at radius 1 is 0.929 bits per heavy atom. The number of anilines is 1. The van der Waals surface area contributed by atoms with Crippen molar-refractivity contribution in [2.24, 2.45) is 27.4 Å². The lowest BCUT2D eigenvalue weighted by atomic mass is 10.1. The summed E-state index contributed by atoms with van der Waals surface area (Å²) in [5.41, 5.74) is 19.3. The van der Waals surface area contributed by atoms with E-state index in [1.807, 2.05) is 0 Å². The maximum atomic E-state index is 12.5. The summed E-state index contributed by atoms with van der Waals surface area (Å²) >= 11 is 0. The van der Waals surface area contributed by atoms with Gasteiger partial charge in [-0.2, -0.15) is 5.10 Å². The van der Waals surface area contributed by atoms with Crippen LogP contribution in [0.3, 0.4) is 0 Å². The highest BCUT2D eigenvalue weighted by Crippen LogP contribution is 2.19. The van der Waals surface area contributed by atoms with E-state index in [1.165, 1.54) is 0 Å². The number of aromatic nitrogens is 1. The highest BCUT2D eigenvalue weighted by Gasteiger charge is 2.11. The highest BCUT2D eigenvalue weighted by molar-refractivity contribution is 6.07. The number of nitrogens with zero attached hydrogens (tertiary/aromatic N) is 2. The monoisotopic (exact) mass is 377 g/mol. The van der Waals surface area contributed by atoms with Gasteiger partial charge in [0.25, 0.3) is 5.91 Å². The molecule has 2 amide bonds. The molecule has 0 aliphatic carbocycles. The van der Waals surface area contributed by atoms with Gasteiger partial charge in [-0.1, -0.05) is 12.1 Å². The molecule has 9 heteroatoms. The lowest BCUT2D eigenvalue weighted by Gasteiger charge is -2.05. The van der Waals surface area contributed by atoms with E-state index in [9.17, 15) is 9.59 Å². The zero-order chi connectivity index (χ0) is 20.3. The van der Waals surface area contributed by atoms with Gasteiger partial charge in [0.15, 0.2) is 0 Å². The molecule has 0 saturated heterocycles. The van der Waals surface area contributed by atoms with Gasteiger partial charge in [-0.25, -0.2) is 0 Å². The second-order valence-corrected chi connectivity index (χ2v) is 6.09. The molecule has 0 unspecified atom stereocenters. The van der Waals surface area contributed by atoms with E-state index in [-0.39, 0.29) is 11.9 Å². The van der Waals surface area contributed by atoms with Crippen LogP contribution in [0.1, 0.15) is 33.3 Å². The lowest BCUT2D eigenvalue weighted by molar-refractivity contribution is 0.0997. The molecule has 2 aromatic carbocycles. The number of rotatable bonds is 5.